The van der Waals surface area contributed by atoms with Crippen LogP contribution in [0.2, 0.25) is 0 Å². The Morgan fingerprint density at radius 3 is 2.78 bits per heavy atom. The van der Waals surface area contributed by atoms with Gasteiger partial charge in [-0.15, -0.1) is 12.6 Å². The third-order valence-corrected chi connectivity index (χ3v) is 2.08. The van der Waals surface area contributed by atoms with Crippen molar-refractivity contribution in [3.8, 4) is 0 Å². The van der Waals surface area contributed by atoms with Gasteiger partial charge in [-0.05, 0) is 13.0 Å². The zero-order chi connectivity index (χ0) is 6.85. The van der Waals surface area contributed by atoms with Gasteiger partial charge in [-0.2, -0.15) is 0 Å². The lowest BCUT2D eigenvalue weighted by Crippen LogP contribution is -1.73. The largest absolute Gasteiger partial charge is 0.468 e. The second-order valence-corrected chi connectivity index (χ2v) is 2.58. The van der Waals surface area contributed by atoms with Crippen molar-refractivity contribution in [3.63, 3.8) is 0 Å². The van der Waals surface area contributed by atoms with Gasteiger partial charge < -0.3 is 4.42 Å². The normalized spacial score (nSPS) is 9.56. The van der Waals surface area contributed by atoms with Crippen molar-refractivity contribution >= 4 is 24.8 Å². The minimum atomic E-state index is 0.738. The van der Waals surface area contributed by atoms with Gasteiger partial charge in [-0.25, -0.2) is 0 Å². The molecule has 0 saturated heterocycles. The first-order valence-electron chi connectivity index (χ1n) is 2.49. The molecule has 0 unspecified atom stereocenters. The molecule has 0 radical (unpaired) electrons. The molecule has 0 saturated carbocycles. The Kier molecular flexibility index (Phi) is 1.93. The summed E-state index contributed by atoms with van der Waals surface area (Å²) < 4.78 is 5.73. The lowest BCUT2D eigenvalue weighted by atomic mass is 10.4. The monoisotopic (exact) mass is 158 g/mol. The van der Waals surface area contributed by atoms with E-state index in [-0.39, 0.29) is 0 Å². The SMILES string of the molecule is Cc1occc(=S)c1S. The maximum atomic E-state index is 5.00. The molecule has 48 valence electrons. The van der Waals surface area contributed by atoms with E-state index in [2.05, 4.69) is 12.6 Å². The molecule has 1 nitrogen and oxygen atoms in total. The Balaban J connectivity index is 3.43. The molecule has 0 N–H and O–H groups in total. The van der Waals surface area contributed by atoms with Crippen LogP contribution >= 0.6 is 24.8 Å². The fraction of sp³-hybridized carbons (Fsp3) is 0.167. The standard InChI is InChI=1S/C6H6OS2/c1-4-6(9)5(8)2-3-7-4/h2-3,9H,1H3. The van der Waals surface area contributed by atoms with Gasteiger partial charge >= 0.3 is 0 Å². The topological polar surface area (TPSA) is 13.1 Å². The first-order chi connectivity index (χ1) is 4.22. The minimum absolute atomic E-state index is 0.738. The summed E-state index contributed by atoms with van der Waals surface area (Å²) in [6.07, 6.45) is 1.57. The summed E-state index contributed by atoms with van der Waals surface area (Å²) in [5, 5.41) is 0. The Hall–Kier alpha value is -0.280. The molecule has 9 heavy (non-hydrogen) atoms. The Morgan fingerprint density at radius 1 is 1.67 bits per heavy atom. The number of rotatable bonds is 0. The molecular formula is C6H6OS2. The van der Waals surface area contributed by atoms with Crippen LogP contribution in [-0.4, -0.2) is 0 Å². The molecule has 0 fully saturated rings. The van der Waals surface area contributed by atoms with E-state index in [1.807, 2.05) is 6.92 Å². The van der Waals surface area contributed by atoms with E-state index < -0.39 is 0 Å². The van der Waals surface area contributed by atoms with Gasteiger partial charge in [0, 0.05) is 0 Å². The maximum absolute atomic E-state index is 5.00. The first kappa shape index (κ1) is 6.83. The van der Waals surface area contributed by atoms with E-state index in [0.29, 0.717) is 0 Å². The zero-order valence-electron chi connectivity index (χ0n) is 4.92. The van der Waals surface area contributed by atoms with Crippen molar-refractivity contribution in [2.75, 3.05) is 0 Å². The molecule has 1 aromatic heterocycles. The highest BCUT2D eigenvalue weighted by molar-refractivity contribution is 7.81. The number of hydrogen-bond donors (Lipinski definition) is 1. The van der Waals surface area contributed by atoms with E-state index in [9.17, 15) is 0 Å². The molecular weight excluding hydrogens is 152 g/mol. The van der Waals surface area contributed by atoms with E-state index in [1.54, 1.807) is 12.3 Å². The fourth-order valence-electron chi connectivity index (χ4n) is 0.506. The zero-order valence-corrected chi connectivity index (χ0v) is 6.63. The third-order valence-electron chi connectivity index (χ3n) is 1.03. The number of thiol groups is 1. The summed E-state index contributed by atoms with van der Waals surface area (Å²) >= 11 is 9.02. The third kappa shape index (κ3) is 1.34. The van der Waals surface area contributed by atoms with Crippen molar-refractivity contribution in [1.82, 2.24) is 0 Å². The average Bonchev–Trinajstić information content (AvgIpc) is 1.83. The van der Waals surface area contributed by atoms with Gasteiger partial charge in [0.1, 0.15) is 5.76 Å². The molecule has 0 aliphatic rings. The summed E-state index contributed by atoms with van der Waals surface area (Å²) in [5.74, 6) is 0.769. The summed E-state index contributed by atoms with van der Waals surface area (Å²) in [6, 6.07) is 1.71. The van der Waals surface area contributed by atoms with Crippen LogP contribution in [-0.2, 0) is 0 Å². The van der Waals surface area contributed by atoms with Gasteiger partial charge in [-0.3, -0.25) is 0 Å². The van der Waals surface area contributed by atoms with Crippen LogP contribution in [0, 0.1) is 11.4 Å². The summed E-state index contributed by atoms with van der Waals surface area (Å²) in [5.41, 5.74) is 0. The molecule has 0 aromatic carbocycles. The fourth-order valence-corrected chi connectivity index (χ4v) is 0.833. The van der Waals surface area contributed by atoms with E-state index in [1.165, 1.54) is 0 Å². The quantitative estimate of drug-likeness (QED) is 0.460. The van der Waals surface area contributed by atoms with Gasteiger partial charge in [-0.1, -0.05) is 12.2 Å². The average molecular weight is 158 g/mol. The van der Waals surface area contributed by atoms with Crippen LogP contribution in [0.4, 0.5) is 0 Å². The van der Waals surface area contributed by atoms with Crippen molar-refractivity contribution in [2.45, 2.75) is 11.8 Å². The highest BCUT2D eigenvalue weighted by atomic mass is 32.1. The molecule has 0 spiro atoms. The smallest absolute Gasteiger partial charge is 0.115 e. The van der Waals surface area contributed by atoms with Crippen molar-refractivity contribution in [2.24, 2.45) is 0 Å². The molecule has 0 bridgehead atoms. The molecule has 0 atom stereocenters. The van der Waals surface area contributed by atoms with Crippen LogP contribution in [0.3, 0.4) is 0 Å². The van der Waals surface area contributed by atoms with Gasteiger partial charge in [0.15, 0.2) is 0 Å². The first-order valence-corrected chi connectivity index (χ1v) is 3.35. The highest BCUT2D eigenvalue weighted by Gasteiger charge is 1.93. The van der Waals surface area contributed by atoms with Crippen molar-refractivity contribution in [1.29, 1.82) is 0 Å². The van der Waals surface area contributed by atoms with Crippen LogP contribution in [0.5, 0.6) is 0 Å². The van der Waals surface area contributed by atoms with Crippen molar-refractivity contribution in [3.05, 3.63) is 22.6 Å². The van der Waals surface area contributed by atoms with E-state index in [0.717, 1.165) is 15.2 Å². The van der Waals surface area contributed by atoms with Gasteiger partial charge in [0.05, 0.1) is 15.7 Å². The van der Waals surface area contributed by atoms with Crippen molar-refractivity contribution < 1.29 is 4.42 Å². The molecule has 0 aliphatic heterocycles. The number of aryl methyl sites for hydroxylation is 1. The molecule has 3 heteroatoms. The predicted octanol–water partition coefficient (Wildman–Crippen LogP) is 2.61. The molecule has 1 aromatic rings. The second-order valence-electron chi connectivity index (χ2n) is 1.69. The summed E-state index contributed by atoms with van der Waals surface area (Å²) in [7, 11) is 0. The predicted molar refractivity (Wildman–Crippen MR) is 41.5 cm³/mol. The van der Waals surface area contributed by atoms with E-state index >= 15 is 0 Å². The minimum Gasteiger partial charge on any atom is -0.468 e. The van der Waals surface area contributed by atoms with Crippen LogP contribution in [0.25, 0.3) is 0 Å². The Bertz CT molecular complexity index is 264. The summed E-state index contributed by atoms with van der Waals surface area (Å²) in [4.78, 5) is 0.757. The second kappa shape index (κ2) is 2.54. The van der Waals surface area contributed by atoms with Gasteiger partial charge in [0.2, 0.25) is 0 Å². The highest BCUT2D eigenvalue weighted by Crippen LogP contribution is 2.12. The Labute approximate surface area is 64.1 Å². The van der Waals surface area contributed by atoms with Crippen LogP contribution in [0.1, 0.15) is 5.76 Å². The van der Waals surface area contributed by atoms with Gasteiger partial charge in [0.25, 0.3) is 0 Å². The molecule has 1 rings (SSSR count). The Morgan fingerprint density at radius 2 is 2.33 bits per heavy atom. The lowest BCUT2D eigenvalue weighted by Gasteiger charge is -1.93. The maximum Gasteiger partial charge on any atom is 0.115 e. The number of hydrogen-bond acceptors (Lipinski definition) is 3. The molecule has 1 heterocycles. The summed E-state index contributed by atoms with van der Waals surface area (Å²) in [6.45, 7) is 1.83. The van der Waals surface area contributed by atoms with Crippen LogP contribution < -0.4 is 0 Å². The van der Waals surface area contributed by atoms with E-state index in [4.69, 9.17) is 16.6 Å². The lowest BCUT2D eigenvalue weighted by molar-refractivity contribution is 0.500. The van der Waals surface area contributed by atoms with Crippen LogP contribution in [0.15, 0.2) is 21.6 Å². The molecule has 0 aliphatic carbocycles. The molecule has 0 amide bonds.